The Morgan fingerprint density at radius 2 is 2.13 bits per heavy atom. The molecule has 1 aromatic heterocycles. The number of nitrogens with one attached hydrogen (secondary N) is 1. The molecule has 1 unspecified atom stereocenters. The third-order valence-corrected chi connectivity index (χ3v) is 5.17. The molecule has 2 fully saturated rings. The zero-order valence-electron chi connectivity index (χ0n) is 13.2. The summed E-state index contributed by atoms with van der Waals surface area (Å²) >= 11 is 1.37. The molecule has 0 aromatic carbocycles. The molecule has 23 heavy (non-hydrogen) atoms. The predicted molar refractivity (Wildman–Crippen MR) is 88.3 cm³/mol. The Morgan fingerprint density at radius 3 is 2.78 bits per heavy atom. The average Bonchev–Trinajstić information content (AvgIpc) is 3.29. The first-order valence-electron chi connectivity index (χ1n) is 8.32. The van der Waals surface area contributed by atoms with E-state index in [9.17, 15) is 9.59 Å². The number of carbonyl (C=O) groups excluding carboxylic acids is 2. The van der Waals surface area contributed by atoms with Crippen molar-refractivity contribution in [1.82, 2.24) is 9.88 Å². The highest BCUT2D eigenvalue weighted by molar-refractivity contribution is 7.13. The van der Waals surface area contributed by atoms with Gasteiger partial charge in [0.2, 0.25) is 11.8 Å². The van der Waals surface area contributed by atoms with E-state index >= 15 is 0 Å². The first-order chi connectivity index (χ1) is 11.2. The van der Waals surface area contributed by atoms with Crippen molar-refractivity contribution in [2.24, 2.45) is 5.92 Å². The van der Waals surface area contributed by atoms with E-state index in [2.05, 4.69) is 10.3 Å². The fourth-order valence-corrected chi connectivity index (χ4v) is 3.86. The van der Waals surface area contributed by atoms with Crippen LogP contribution in [0, 0.1) is 5.92 Å². The van der Waals surface area contributed by atoms with Gasteiger partial charge in [-0.1, -0.05) is 12.8 Å². The SMILES string of the molecule is O=C(CN(CC1CCCO1)C(=O)C1CCCC1)Nc1nccs1. The molecule has 1 aliphatic carbocycles. The zero-order chi connectivity index (χ0) is 16.1. The lowest BCUT2D eigenvalue weighted by atomic mass is 10.1. The van der Waals surface area contributed by atoms with Gasteiger partial charge in [0.25, 0.3) is 0 Å². The van der Waals surface area contributed by atoms with Crippen LogP contribution in [0.1, 0.15) is 38.5 Å². The molecule has 6 nitrogen and oxygen atoms in total. The normalized spacial score (nSPS) is 21.5. The maximum atomic E-state index is 12.7. The summed E-state index contributed by atoms with van der Waals surface area (Å²) in [5, 5.41) is 5.14. The van der Waals surface area contributed by atoms with Crippen LogP contribution in [0.25, 0.3) is 0 Å². The first-order valence-corrected chi connectivity index (χ1v) is 9.20. The van der Waals surface area contributed by atoms with E-state index in [0.29, 0.717) is 11.7 Å². The molecule has 126 valence electrons. The topological polar surface area (TPSA) is 71.5 Å². The number of anilines is 1. The second-order valence-corrected chi connectivity index (χ2v) is 7.12. The highest BCUT2D eigenvalue weighted by Crippen LogP contribution is 2.27. The van der Waals surface area contributed by atoms with Gasteiger partial charge in [0.1, 0.15) is 6.54 Å². The summed E-state index contributed by atoms with van der Waals surface area (Å²) in [6.07, 6.45) is 7.79. The molecule has 2 amide bonds. The molecule has 7 heteroatoms. The lowest BCUT2D eigenvalue weighted by molar-refractivity contribution is -0.139. The van der Waals surface area contributed by atoms with Gasteiger partial charge in [0.15, 0.2) is 5.13 Å². The molecule has 3 rings (SSSR count). The lowest BCUT2D eigenvalue weighted by Crippen LogP contribution is -2.44. The van der Waals surface area contributed by atoms with Crippen LogP contribution in [0.2, 0.25) is 0 Å². The summed E-state index contributed by atoms with van der Waals surface area (Å²) in [6, 6.07) is 0. The number of carbonyl (C=O) groups is 2. The van der Waals surface area contributed by atoms with Crippen molar-refractivity contribution in [2.75, 3.05) is 25.0 Å². The van der Waals surface area contributed by atoms with Crippen molar-refractivity contribution < 1.29 is 14.3 Å². The van der Waals surface area contributed by atoms with Gasteiger partial charge in [-0.05, 0) is 25.7 Å². The van der Waals surface area contributed by atoms with E-state index in [0.717, 1.165) is 45.1 Å². The summed E-state index contributed by atoms with van der Waals surface area (Å²) in [5.41, 5.74) is 0. The number of hydrogen-bond donors (Lipinski definition) is 1. The molecule has 1 aliphatic heterocycles. The number of thiazole rings is 1. The molecule has 1 atom stereocenters. The van der Waals surface area contributed by atoms with Crippen molar-refractivity contribution in [3.63, 3.8) is 0 Å². The lowest BCUT2D eigenvalue weighted by Gasteiger charge is -2.27. The van der Waals surface area contributed by atoms with E-state index in [-0.39, 0.29) is 30.4 Å². The zero-order valence-corrected chi connectivity index (χ0v) is 14.0. The van der Waals surface area contributed by atoms with Crippen molar-refractivity contribution >= 4 is 28.3 Å². The van der Waals surface area contributed by atoms with Crippen LogP contribution >= 0.6 is 11.3 Å². The van der Waals surface area contributed by atoms with E-state index in [1.165, 1.54) is 11.3 Å². The van der Waals surface area contributed by atoms with E-state index in [4.69, 9.17) is 4.74 Å². The molecule has 2 heterocycles. The van der Waals surface area contributed by atoms with Gasteiger partial charge in [-0.25, -0.2) is 4.98 Å². The van der Waals surface area contributed by atoms with Gasteiger partial charge in [-0.3, -0.25) is 9.59 Å². The van der Waals surface area contributed by atoms with E-state index in [1.54, 1.807) is 11.1 Å². The van der Waals surface area contributed by atoms with Crippen LogP contribution in [0.5, 0.6) is 0 Å². The number of aromatic nitrogens is 1. The molecule has 1 N–H and O–H groups in total. The quantitative estimate of drug-likeness (QED) is 0.864. The predicted octanol–water partition coefficient (Wildman–Crippen LogP) is 2.28. The number of amides is 2. The Kier molecular flexibility index (Phi) is 5.61. The second-order valence-electron chi connectivity index (χ2n) is 6.22. The largest absolute Gasteiger partial charge is 0.376 e. The summed E-state index contributed by atoms with van der Waals surface area (Å²) in [7, 11) is 0. The van der Waals surface area contributed by atoms with Gasteiger partial charge in [-0.2, -0.15) is 0 Å². The first kappa shape index (κ1) is 16.4. The van der Waals surface area contributed by atoms with Gasteiger partial charge < -0.3 is 15.0 Å². The van der Waals surface area contributed by atoms with Gasteiger partial charge in [0, 0.05) is 30.6 Å². The Labute approximate surface area is 140 Å². The number of rotatable bonds is 6. The van der Waals surface area contributed by atoms with Crippen LogP contribution < -0.4 is 5.32 Å². The molecule has 1 saturated carbocycles. The fourth-order valence-electron chi connectivity index (χ4n) is 3.31. The Hall–Kier alpha value is -1.47. The molecule has 0 radical (unpaired) electrons. The van der Waals surface area contributed by atoms with E-state index < -0.39 is 0 Å². The maximum Gasteiger partial charge on any atom is 0.245 e. The molecular formula is C16H23N3O3S. The van der Waals surface area contributed by atoms with Gasteiger partial charge >= 0.3 is 0 Å². The minimum atomic E-state index is -0.190. The smallest absolute Gasteiger partial charge is 0.245 e. The minimum Gasteiger partial charge on any atom is -0.376 e. The molecule has 0 bridgehead atoms. The van der Waals surface area contributed by atoms with Crippen molar-refractivity contribution in [2.45, 2.75) is 44.6 Å². The standard InChI is InChI=1S/C16H23N3O3S/c20-14(18-16-17-7-9-23-16)11-19(10-13-6-3-8-22-13)15(21)12-4-1-2-5-12/h7,9,12-13H,1-6,8,10-11H2,(H,17,18,20). The van der Waals surface area contributed by atoms with Gasteiger partial charge in [0.05, 0.1) is 6.10 Å². The van der Waals surface area contributed by atoms with Crippen LogP contribution in [0.4, 0.5) is 5.13 Å². The average molecular weight is 337 g/mol. The number of nitrogens with zero attached hydrogens (tertiary/aromatic N) is 2. The molecule has 0 spiro atoms. The Bertz CT molecular complexity index is 523. The maximum absolute atomic E-state index is 12.7. The van der Waals surface area contributed by atoms with E-state index in [1.807, 2.05) is 5.38 Å². The summed E-state index contributed by atoms with van der Waals surface area (Å²) in [5.74, 6) is -0.0133. The summed E-state index contributed by atoms with van der Waals surface area (Å²) in [6.45, 7) is 1.34. The summed E-state index contributed by atoms with van der Waals surface area (Å²) < 4.78 is 5.65. The van der Waals surface area contributed by atoms with Crippen molar-refractivity contribution in [1.29, 1.82) is 0 Å². The van der Waals surface area contributed by atoms with Crippen LogP contribution in [0.15, 0.2) is 11.6 Å². The third-order valence-electron chi connectivity index (χ3n) is 4.48. The van der Waals surface area contributed by atoms with Crippen LogP contribution in [0.3, 0.4) is 0 Å². The highest BCUT2D eigenvalue weighted by atomic mass is 32.1. The van der Waals surface area contributed by atoms with Crippen molar-refractivity contribution in [3.8, 4) is 0 Å². The van der Waals surface area contributed by atoms with Crippen molar-refractivity contribution in [3.05, 3.63) is 11.6 Å². The molecule has 1 saturated heterocycles. The monoisotopic (exact) mass is 337 g/mol. The third kappa shape index (κ3) is 4.51. The van der Waals surface area contributed by atoms with Gasteiger partial charge in [-0.15, -0.1) is 11.3 Å². The fraction of sp³-hybridized carbons (Fsp3) is 0.688. The van der Waals surface area contributed by atoms with Crippen LogP contribution in [-0.2, 0) is 14.3 Å². The molecule has 2 aliphatic rings. The summed E-state index contributed by atoms with van der Waals surface area (Å²) in [4.78, 5) is 30.7. The second kappa shape index (κ2) is 7.88. The van der Waals surface area contributed by atoms with Crippen LogP contribution in [-0.4, -0.2) is 47.5 Å². The molecular weight excluding hydrogens is 314 g/mol. The Morgan fingerprint density at radius 1 is 1.30 bits per heavy atom. The minimum absolute atomic E-state index is 0.0630. The Balaban J connectivity index is 1.60. The number of ether oxygens (including phenoxy) is 1. The molecule has 1 aromatic rings. The highest BCUT2D eigenvalue weighted by Gasteiger charge is 2.31. The number of hydrogen-bond acceptors (Lipinski definition) is 5.